The van der Waals surface area contributed by atoms with Gasteiger partial charge in [0.15, 0.2) is 5.75 Å². The lowest BCUT2D eigenvalue weighted by Gasteiger charge is -2.41. The molecule has 1 heterocycles. The molecular formula is C53H36N2O. The maximum Gasteiger partial charge on any atom is 0.156 e. The van der Waals surface area contributed by atoms with Gasteiger partial charge in [-0.2, -0.15) is 0 Å². The van der Waals surface area contributed by atoms with Crippen molar-refractivity contribution in [1.82, 2.24) is 0 Å². The summed E-state index contributed by atoms with van der Waals surface area (Å²) in [6, 6.07) is 78.4. The van der Waals surface area contributed by atoms with Gasteiger partial charge in [0, 0.05) is 44.8 Å². The third-order valence-corrected chi connectivity index (χ3v) is 11.5. The normalized spacial score (nSPS) is 14.6. The fourth-order valence-electron chi connectivity index (χ4n) is 9.24. The van der Waals surface area contributed by atoms with Crippen LogP contribution in [-0.2, 0) is 5.41 Å². The van der Waals surface area contributed by atoms with Crippen LogP contribution in [0, 0.1) is 0 Å². The number of benzene rings is 9. The molecule has 0 saturated heterocycles. The van der Waals surface area contributed by atoms with Gasteiger partial charge in [0.25, 0.3) is 0 Å². The van der Waals surface area contributed by atoms with Gasteiger partial charge in [-0.1, -0.05) is 158 Å². The first-order chi connectivity index (χ1) is 27.8. The van der Waals surface area contributed by atoms with Crippen molar-refractivity contribution in [3.63, 3.8) is 0 Å². The van der Waals surface area contributed by atoms with E-state index in [4.69, 9.17) is 4.74 Å². The Morgan fingerprint density at radius 1 is 0.321 bits per heavy atom. The minimum atomic E-state index is -0.691. The van der Waals surface area contributed by atoms with Crippen LogP contribution in [0.1, 0.15) is 22.3 Å². The van der Waals surface area contributed by atoms with E-state index in [1.165, 1.54) is 22.3 Å². The number of fused-ring (bicyclic) bond motifs is 11. The summed E-state index contributed by atoms with van der Waals surface area (Å²) in [4.78, 5) is 4.73. The lowest BCUT2D eigenvalue weighted by Crippen LogP contribution is -2.33. The summed E-state index contributed by atoms with van der Waals surface area (Å²) in [5.74, 6) is 1.74. The fraction of sp³-hybridized carbons (Fsp3) is 0.0189. The molecule has 1 spiro atoms. The molecule has 9 aromatic rings. The largest absolute Gasteiger partial charge is 0.454 e. The van der Waals surface area contributed by atoms with Crippen LogP contribution in [0.25, 0.3) is 21.9 Å². The molecular weight excluding hydrogens is 681 g/mol. The number of para-hydroxylation sites is 5. The van der Waals surface area contributed by atoms with E-state index in [9.17, 15) is 0 Å². The SMILES string of the molecule is c1ccc(N(c2ccccc2)c2cccc3c2Oc2c(ccc4ccccc24)C32c3ccccc3-c3c(N(c4ccccc4)c4ccccc4)cccc32)cc1. The standard InChI is InChI=1S/C53H36N2O/c1-5-20-38(21-6-1)54(39-22-7-2-8-23-39)48-33-17-31-45-50(48)43-29-15-16-30-44(43)53(45)46-32-18-34-49(55(40-24-9-3-10-25-40)41-26-11-4-12-27-41)52(46)56-51-42-28-14-13-19-37(42)35-36-47(51)53/h1-36H. The highest BCUT2D eigenvalue weighted by Gasteiger charge is 2.53. The molecule has 56 heavy (non-hydrogen) atoms. The second-order valence-corrected chi connectivity index (χ2v) is 14.4. The number of hydrogen-bond donors (Lipinski definition) is 0. The molecule has 0 N–H and O–H groups in total. The Hall–Kier alpha value is -7.36. The van der Waals surface area contributed by atoms with Crippen molar-refractivity contribution in [1.29, 1.82) is 0 Å². The smallest absolute Gasteiger partial charge is 0.156 e. The van der Waals surface area contributed by atoms with Gasteiger partial charge in [0.05, 0.1) is 16.8 Å². The zero-order valence-electron chi connectivity index (χ0n) is 30.6. The summed E-state index contributed by atoms with van der Waals surface area (Å²) < 4.78 is 7.43. The average molecular weight is 717 g/mol. The van der Waals surface area contributed by atoms with Gasteiger partial charge in [-0.15, -0.1) is 0 Å². The quantitative estimate of drug-likeness (QED) is 0.170. The highest BCUT2D eigenvalue weighted by molar-refractivity contribution is 6.01. The van der Waals surface area contributed by atoms with Crippen molar-refractivity contribution in [3.05, 3.63) is 241 Å². The van der Waals surface area contributed by atoms with Gasteiger partial charge < -0.3 is 14.5 Å². The van der Waals surface area contributed by atoms with E-state index in [0.29, 0.717) is 0 Å². The Balaban J connectivity index is 1.27. The highest BCUT2D eigenvalue weighted by Crippen LogP contribution is 2.66. The summed E-state index contributed by atoms with van der Waals surface area (Å²) in [6.07, 6.45) is 0. The molecule has 0 bridgehead atoms. The monoisotopic (exact) mass is 716 g/mol. The zero-order valence-corrected chi connectivity index (χ0v) is 30.6. The van der Waals surface area contributed by atoms with E-state index < -0.39 is 5.41 Å². The molecule has 3 nitrogen and oxygen atoms in total. The number of nitrogens with zero attached hydrogens (tertiary/aromatic N) is 2. The summed E-state index contributed by atoms with van der Waals surface area (Å²) in [5, 5.41) is 2.23. The van der Waals surface area contributed by atoms with E-state index in [2.05, 4.69) is 228 Å². The van der Waals surface area contributed by atoms with E-state index >= 15 is 0 Å². The Labute approximate surface area is 326 Å². The number of hydrogen-bond acceptors (Lipinski definition) is 3. The van der Waals surface area contributed by atoms with Crippen LogP contribution in [0.4, 0.5) is 34.1 Å². The maximum atomic E-state index is 7.43. The molecule has 11 rings (SSSR count). The molecule has 0 amide bonds. The predicted molar refractivity (Wildman–Crippen MR) is 231 cm³/mol. The van der Waals surface area contributed by atoms with Crippen molar-refractivity contribution in [2.24, 2.45) is 0 Å². The Morgan fingerprint density at radius 3 is 1.41 bits per heavy atom. The van der Waals surface area contributed by atoms with Gasteiger partial charge >= 0.3 is 0 Å². The average Bonchev–Trinajstić information content (AvgIpc) is 3.57. The van der Waals surface area contributed by atoms with Crippen LogP contribution in [0.3, 0.4) is 0 Å². The fourth-order valence-corrected chi connectivity index (χ4v) is 9.24. The summed E-state index contributed by atoms with van der Waals surface area (Å²) in [6.45, 7) is 0. The first-order valence-corrected chi connectivity index (χ1v) is 19.2. The highest BCUT2D eigenvalue weighted by atomic mass is 16.5. The van der Waals surface area contributed by atoms with Gasteiger partial charge in [0.1, 0.15) is 5.75 Å². The third kappa shape index (κ3) is 4.71. The molecule has 1 atom stereocenters. The van der Waals surface area contributed by atoms with Crippen molar-refractivity contribution < 1.29 is 4.74 Å². The Kier molecular flexibility index (Phi) is 7.39. The van der Waals surface area contributed by atoms with Crippen molar-refractivity contribution in [2.75, 3.05) is 9.80 Å². The Morgan fingerprint density at radius 2 is 0.786 bits per heavy atom. The molecule has 2 aliphatic rings. The van der Waals surface area contributed by atoms with E-state index in [0.717, 1.165) is 67.5 Å². The van der Waals surface area contributed by atoms with Gasteiger partial charge in [-0.3, -0.25) is 0 Å². The summed E-state index contributed by atoms with van der Waals surface area (Å²) in [5.41, 5.74) is 12.9. The molecule has 0 saturated carbocycles. The van der Waals surface area contributed by atoms with Crippen LogP contribution in [0.2, 0.25) is 0 Å². The van der Waals surface area contributed by atoms with E-state index in [-0.39, 0.29) is 0 Å². The lowest BCUT2D eigenvalue weighted by molar-refractivity contribution is 0.443. The topological polar surface area (TPSA) is 15.7 Å². The molecule has 264 valence electrons. The Bertz CT molecular complexity index is 2810. The summed E-state index contributed by atoms with van der Waals surface area (Å²) >= 11 is 0. The molecule has 9 aromatic carbocycles. The van der Waals surface area contributed by atoms with E-state index in [1.807, 2.05) is 0 Å². The number of ether oxygens (including phenoxy) is 1. The molecule has 0 radical (unpaired) electrons. The van der Waals surface area contributed by atoms with Crippen LogP contribution in [0.5, 0.6) is 11.5 Å². The zero-order chi connectivity index (χ0) is 37.1. The van der Waals surface area contributed by atoms with Crippen LogP contribution >= 0.6 is 0 Å². The molecule has 1 unspecified atom stereocenters. The second kappa shape index (κ2) is 12.9. The molecule has 0 aromatic heterocycles. The molecule has 1 aliphatic heterocycles. The van der Waals surface area contributed by atoms with Gasteiger partial charge in [-0.25, -0.2) is 0 Å². The van der Waals surface area contributed by atoms with Crippen LogP contribution in [-0.4, -0.2) is 0 Å². The van der Waals surface area contributed by atoms with Crippen molar-refractivity contribution >= 4 is 44.9 Å². The van der Waals surface area contributed by atoms with Crippen molar-refractivity contribution in [2.45, 2.75) is 5.41 Å². The minimum absolute atomic E-state index is 0.691. The van der Waals surface area contributed by atoms with Crippen LogP contribution < -0.4 is 14.5 Å². The van der Waals surface area contributed by atoms with Gasteiger partial charge in [-0.05, 0) is 82.7 Å². The predicted octanol–water partition coefficient (Wildman–Crippen LogP) is 14.2. The molecule has 1 aliphatic carbocycles. The minimum Gasteiger partial charge on any atom is -0.454 e. The first kappa shape index (κ1) is 32.1. The first-order valence-electron chi connectivity index (χ1n) is 19.2. The van der Waals surface area contributed by atoms with Crippen LogP contribution in [0.15, 0.2) is 218 Å². The second-order valence-electron chi connectivity index (χ2n) is 14.4. The third-order valence-electron chi connectivity index (χ3n) is 11.5. The number of anilines is 6. The van der Waals surface area contributed by atoms with E-state index in [1.54, 1.807) is 0 Å². The maximum absolute atomic E-state index is 7.43. The number of rotatable bonds is 6. The molecule has 3 heteroatoms. The van der Waals surface area contributed by atoms with Crippen molar-refractivity contribution in [3.8, 4) is 22.6 Å². The van der Waals surface area contributed by atoms with Gasteiger partial charge in [0.2, 0.25) is 0 Å². The lowest BCUT2D eigenvalue weighted by atomic mass is 9.65. The summed E-state index contributed by atoms with van der Waals surface area (Å²) in [7, 11) is 0. The molecule has 0 fully saturated rings.